The van der Waals surface area contributed by atoms with Crippen molar-refractivity contribution >= 4 is 0 Å². The SMILES string of the molecule is CCCn1ccnc1C(N)c1cc(C)oc1C. The monoisotopic (exact) mass is 233 g/mol. The van der Waals surface area contributed by atoms with Crippen LogP contribution in [0.2, 0.25) is 0 Å². The normalized spacial score (nSPS) is 12.9. The largest absolute Gasteiger partial charge is 0.466 e. The first-order valence-corrected chi connectivity index (χ1v) is 5.97. The van der Waals surface area contributed by atoms with E-state index in [0.717, 1.165) is 35.9 Å². The molecule has 0 aliphatic rings. The van der Waals surface area contributed by atoms with Crippen LogP contribution < -0.4 is 5.73 Å². The lowest BCUT2D eigenvalue weighted by Gasteiger charge is -2.12. The van der Waals surface area contributed by atoms with Crippen LogP contribution in [0.25, 0.3) is 0 Å². The van der Waals surface area contributed by atoms with E-state index < -0.39 is 0 Å². The van der Waals surface area contributed by atoms with Crippen LogP contribution in [-0.2, 0) is 6.54 Å². The van der Waals surface area contributed by atoms with Gasteiger partial charge in [0.1, 0.15) is 17.3 Å². The Morgan fingerprint density at radius 2 is 2.24 bits per heavy atom. The molecular weight excluding hydrogens is 214 g/mol. The fourth-order valence-electron chi connectivity index (χ4n) is 2.13. The van der Waals surface area contributed by atoms with E-state index in [1.54, 1.807) is 6.20 Å². The summed E-state index contributed by atoms with van der Waals surface area (Å²) in [5.41, 5.74) is 7.28. The number of aromatic nitrogens is 2. The molecule has 2 aromatic heterocycles. The average molecular weight is 233 g/mol. The summed E-state index contributed by atoms with van der Waals surface area (Å²) in [7, 11) is 0. The molecule has 0 fully saturated rings. The van der Waals surface area contributed by atoms with E-state index in [0.29, 0.717) is 0 Å². The Hall–Kier alpha value is -1.55. The topological polar surface area (TPSA) is 57.0 Å². The zero-order chi connectivity index (χ0) is 12.4. The van der Waals surface area contributed by atoms with Crippen LogP contribution in [0.15, 0.2) is 22.9 Å². The van der Waals surface area contributed by atoms with E-state index in [1.807, 2.05) is 26.1 Å². The molecule has 4 heteroatoms. The number of nitrogens with zero attached hydrogens (tertiary/aromatic N) is 2. The van der Waals surface area contributed by atoms with Gasteiger partial charge in [-0.25, -0.2) is 4.98 Å². The van der Waals surface area contributed by atoms with Crippen LogP contribution in [0.1, 0.15) is 42.3 Å². The average Bonchev–Trinajstić information content (AvgIpc) is 2.85. The number of aryl methyl sites for hydroxylation is 3. The third-order valence-corrected chi connectivity index (χ3v) is 2.90. The molecule has 1 atom stereocenters. The Morgan fingerprint density at radius 1 is 1.47 bits per heavy atom. The lowest BCUT2D eigenvalue weighted by Crippen LogP contribution is -2.18. The summed E-state index contributed by atoms with van der Waals surface area (Å²) in [4.78, 5) is 4.36. The summed E-state index contributed by atoms with van der Waals surface area (Å²) in [6.07, 6.45) is 4.84. The van der Waals surface area contributed by atoms with Crippen LogP contribution >= 0.6 is 0 Å². The maximum Gasteiger partial charge on any atom is 0.130 e. The summed E-state index contributed by atoms with van der Waals surface area (Å²) >= 11 is 0. The van der Waals surface area contributed by atoms with Gasteiger partial charge >= 0.3 is 0 Å². The van der Waals surface area contributed by atoms with Crippen molar-refractivity contribution in [1.82, 2.24) is 9.55 Å². The van der Waals surface area contributed by atoms with Crippen molar-refractivity contribution in [3.05, 3.63) is 41.4 Å². The molecule has 2 rings (SSSR count). The minimum Gasteiger partial charge on any atom is -0.466 e. The Kier molecular flexibility index (Phi) is 3.33. The van der Waals surface area contributed by atoms with E-state index in [2.05, 4.69) is 16.5 Å². The molecule has 0 bridgehead atoms. The second-order valence-electron chi connectivity index (χ2n) is 4.33. The lowest BCUT2D eigenvalue weighted by molar-refractivity contribution is 0.497. The van der Waals surface area contributed by atoms with Gasteiger partial charge in [-0.15, -0.1) is 0 Å². The van der Waals surface area contributed by atoms with E-state index in [9.17, 15) is 0 Å². The Bertz CT molecular complexity index is 498. The molecule has 2 aromatic rings. The minimum atomic E-state index is -0.214. The van der Waals surface area contributed by atoms with Crippen LogP contribution in [-0.4, -0.2) is 9.55 Å². The molecule has 0 spiro atoms. The highest BCUT2D eigenvalue weighted by atomic mass is 16.3. The van der Waals surface area contributed by atoms with Crippen molar-refractivity contribution in [1.29, 1.82) is 0 Å². The fraction of sp³-hybridized carbons (Fsp3) is 0.462. The van der Waals surface area contributed by atoms with E-state index >= 15 is 0 Å². The Balaban J connectivity index is 2.33. The molecule has 0 saturated heterocycles. The Labute approximate surface area is 101 Å². The number of hydrogen-bond acceptors (Lipinski definition) is 3. The molecule has 0 amide bonds. The molecule has 0 aliphatic carbocycles. The van der Waals surface area contributed by atoms with Gasteiger partial charge in [-0.05, 0) is 26.3 Å². The lowest BCUT2D eigenvalue weighted by atomic mass is 10.1. The number of rotatable bonds is 4. The quantitative estimate of drug-likeness (QED) is 0.883. The number of hydrogen-bond donors (Lipinski definition) is 1. The van der Waals surface area contributed by atoms with Gasteiger partial charge in [0.2, 0.25) is 0 Å². The molecule has 0 radical (unpaired) electrons. The maximum absolute atomic E-state index is 6.26. The van der Waals surface area contributed by atoms with E-state index in [1.165, 1.54) is 0 Å². The second kappa shape index (κ2) is 4.75. The predicted molar refractivity (Wildman–Crippen MR) is 66.7 cm³/mol. The highest BCUT2D eigenvalue weighted by Crippen LogP contribution is 2.24. The molecule has 0 saturated carbocycles. The molecule has 0 aliphatic heterocycles. The number of furan rings is 1. The van der Waals surface area contributed by atoms with Crippen molar-refractivity contribution < 1.29 is 4.42 Å². The molecule has 92 valence electrons. The van der Waals surface area contributed by atoms with Crippen molar-refractivity contribution in [2.75, 3.05) is 0 Å². The maximum atomic E-state index is 6.26. The number of nitrogens with two attached hydrogens (primary N) is 1. The van der Waals surface area contributed by atoms with E-state index in [-0.39, 0.29) is 6.04 Å². The van der Waals surface area contributed by atoms with Gasteiger partial charge < -0.3 is 14.7 Å². The van der Waals surface area contributed by atoms with Gasteiger partial charge in [-0.1, -0.05) is 6.92 Å². The molecule has 1 unspecified atom stereocenters. The van der Waals surface area contributed by atoms with Gasteiger partial charge in [0.15, 0.2) is 0 Å². The first-order chi connectivity index (χ1) is 8.13. The summed E-state index contributed by atoms with van der Waals surface area (Å²) < 4.78 is 7.62. The molecule has 0 aromatic carbocycles. The molecule has 2 heterocycles. The van der Waals surface area contributed by atoms with Crippen molar-refractivity contribution in [2.45, 2.75) is 39.8 Å². The highest BCUT2D eigenvalue weighted by Gasteiger charge is 2.19. The van der Waals surface area contributed by atoms with Gasteiger partial charge in [0.25, 0.3) is 0 Å². The van der Waals surface area contributed by atoms with E-state index in [4.69, 9.17) is 10.2 Å². The predicted octanol–water partition coefficient (Wildman–Crippen LogP) is 2.55. The minimum absolute atomic E-state index is 0.214. The van der Waals surface area contributed by atoms with Crippen LogP contribution in [0.5, 0.6) is 0 Å². The van der Waals surface area contributed by atoms with Gasteiger partial charge in [0, 0.05) is 24.5 Å². The standard InChI is InChI=1S/C13H19N3O/c1-4-6-16-7-5-15-13(16)12(14)11-8-9(2)17-10(11)3/h5,7-8,12H,4,6,14H2,1-3H3. The van der Waals surface area contributed by atoms with Gasteiger partial charge in [-0.3, -0.25) is 0 Å². The summed E-state index contributed by atoms with van der Waals surface area (Å²) in [6, 6.07) is 1.78. The van der Waals surface area contributed by atoms with Crippen LogP contribution in [0.4, 0.5) is 0 Å². The summed E-state index contributed by atoms with van der Waals surface area (Å²) in [5, 5.41) is 0. The van der Waals surface area contributed by atoms with Crippen LogP contribution in [0.3, 0.4) is 0 Å². The first kappa shape index (κ1) is 11.9. The smallest absolute Gasteiger partial charge is 0.130 e. The summed E-state index contributed by atoms with van der Waals surface area (Å²) in [6.45, 7) is 6.96. The molecule has 17 heavy (non-hydrogen) atoms. The van der Waals surface area contributed by atoms with Gasteiger partial charge in [0.05, 0.1) is 6.04 Å². The first-order valence-electron chi connectivity index (χ1n) is 5.97. The van der Waals surface area contributed by atoms with Crippen molar-refractivity contribution in [2.24, 2.45) is 5.73 Å². The zero-order valence-corrected chi connectivity index (χ0v) is 10.6. The molecule has 4 nitrogen and oxygen atoms in total. The third-order valence-electron chi connectivity index (χ3n) is 2.90. The fourth-order valence-corrected chi connectivity index (χ4v) is 2.13. The zero-order valence-electron chi connectivity index (χ0n) is 10.6. The van der Waals surface area contributed by atoms with Crippen LogP contribution in [0, 0.1) is 13.8 Å². The highest BCUT2D eigenvalue weighted by molar-refractivity contribution is 5.28. The van der Waals surface area contributed by atoms with Crippen molar-refractivity contribution in [3.8, 4) is 0 Å². The van der Waals surface area contributed by atoms with Gasteiger partial charge in [-0.2, -0.15) is 0 Å². The van der Waals surface area contributed by atoms with Crippen molar-refractivity contribution in [3.63, 3.8) is 0 Å². The molecular formula is C13H19N3O. The number of imidazole rings is 1. The molecule has 2 N–H and O–H groups in total. The second-order valence-corrected chi connectivity index (χ2v) is 4.33. The third kappa shape index (κ3) is 2.26. The Morgan fingerprint density at radius 3 is 2.82 bits per heavy atom. The summed E-state index contributed by atoms with van der Waals surface area (Å²) in [5.74, 6) is 2.67.